The summed E-state index contributed by atoms with van der Waals surface area (Å²) < 4.78 is 6.65. The molecule has 0 aliphatic heterocycles. The molecule has 0 amide bonds. The molecule has 2 aromatic carbocycles. The van der Waals surface area contributed by atoms with Crippen LogP contribution < -0.4 is 4.74 Å². The van der Waals surface area contributed by atoms with Crippen molar-refractivity contribution in [3.63, 3.8) is 0 Å². The number of hydrogen-bond donors (Lipinski definition) is 0. The van der Waals surface area contributed by atoms with E-state index in [0.29, 0.717) is 22.9 Å². The van der Waals surface area contributed by atoms with Crippen LogP contribution in [0.1, 0.15) is 22.8 Å². The lowest BCUT2D eigenvalue weighted by molar-refractivity contribution is 0.101. The average molecular weight is 340 g/mol. The highest BCUT2D eigenvalue weighted by atomic mass is 79.9. The van der Waals surface area contributed by atoms with Crippen LogP contribution in [-0.4, -0.2) is 5.78 Å². The molecule has 0 N–H and O–H groups in total. The molecule has 0 heterocycles. The lowest BCUT2D eigenvalue weighted by Crippen LogP contribution is -1.97. The first-order valence-electron chi connectivity index (χ1n) is 5.74. The van der Waals surface area contributed by atoms with Crippen molar-refractivity contribution in [1.82, 2.24) is 0 Å². The van der Waals surface area contributed by atoms with Gasteiger partial charge in [0, 0.05) is 10.0 Å². The molecule has 2 aromatic rings. The molecule has 0 bridgehead atoms. The highest BCUT2D eigenvalue weighted by Gasteiger charge is 2.06. The summed E-state index contributed by atoms with van der Waals surface area (Å²) in [4.78, 5) is 11.2. The number of halogens is 2. The van der Waals surface area contributed by atoms with Crippen LogP contribution in [0.5, 0.6) is 5.75 Å². The molecule has 0 saturated heterocycles. The summed E-state index contributed by atoms with van der Waals surface area (Å²) in [7, 11) is 0. The number of Topliss-reactive ketones (excluding diaryl/α,β-unsaturated/α-hetero) is 1. The monoisotopic (exact) mass is 338 g/mol. The van der Waals surface area contributed by atoms with Gasteiger partial charge in [-0.1, -0.05) is 39.7 Å². The van der Waals surface area contributed by atoms with E-state index < -0.39 is 0 Å². The molecule has 0 atom stereocenters. The lowest BCUT2D eigenvalue weighted by atomic mass is 10.1. The Morgan fingerprint density at radius 2 is 2.05 bits per heavy atom. The predicted octanol–water partition coefficient (Wildman–Crippen LogP) is 4.88. The Balaban J connectivity index is 2.10. The van der Waals surface area contributed by atoms with E-state index in [4.69, 9.17) is 16.3 Å². The van der Waals surface area contributed by atoms with Gasteiger partial charge in [0.25, 0.3) is 0 Å². The number of hydrogen-bond acceptors (Lipinski definition) is 2. The van der Waals surface area contributed by atoms with E-state index >= 15 is 0 Å². The Morgan fingerprint density at radius 3 is 2.68 bits per heavy atom. The van der Waals surface area contributed by atoms with E-state index in [9.17, 15) is 4.79 Å². The molecular formula is C15H12BrClO2. The largest absolute Gasteiger partial charge is 0.487 e. The SMILES string of the molecule is CC(=O)c1ccc(OCc2cccc(Br)c2)c(Cl)c1. The van der Waals surface area contributed by atoms with Crippen LogP contribution in [0.15, 0.2) is 46.9 Å². The van der Waals surface area contributed by atoms with Crippen LogP contribution in [0, 0.1) is 0 Å². The first kappa shape index (κ1) is 14.1. The second kappa shape index (κ2) is 6.22. The van der Waals surface area contributed by atoms with Gasteiger partial charge in [0.05, 0.1) is 5.02 Å². The van der Waals surface area contributed by atoms with Gasteiger partial charge in [0.15, 0.2) is 5.78 Å². The van der Waals surface area contributed by atoms with Crippen molar-refractivity contribution in [2.75, 3.05) is 0 Å². The van der Waals surface area contributed by atoms with E-state index in [-0.39, 0.29) is 5.78 Å². The number of benzene rings is 2. The second-order valence-electron chi connectivity index (χ2n) is 4.12. The Morgan fingerprint density at radius 1 is 1.26 bits per heavy atom. The molecule has 0 aliphatic rings. The molecule has 0 saturated carbocycles. The van der Waals surface area contributed by atoms with Gasteiger partial charge in [0.2, 0.25) is 0 Å². The van der Waals surface area contributed by atoms with E-state index in [0.717, 1.165) is 10.0 Å². The molecule has 98 valence electrons. The van der Waals surface area contributed by atoms with Gasteiger partial charge < -0.3 is 4.74 Å². The summed E-state index contributed by atoms with van der Waals surface area (Å²) in [6, 6.07) is 12.9. The molecule has 0 fully saturated rings. The molecule has 0 spiro atoms. The van der Waals surface area contributed by atoms with Crippen LogP contribution >= 0.6 is 27.5 Å². The summed E-state index contributed by atoms with van der Waals surface area (Å²) in [5.74, 6) is 0.562. The Hall–Kier alpha value is -1.32. The normalized spacial score (nSPS) is 10.3. The van der Waals surface area contributed by atoms with E-state index in [1.54, 1.807) is 18.2 Å². The molecule has 0 radical (unpaired) electrons. The first-order chi connectivity index (χ1) is 9.06. The van der Waals surface area contributed by atoms with Gasteiger partial charge >= 0.3 is 0 Å². The van der Waals surface area contributed by atoms with Crippen LogP contribution in [0.2, 0.25) is 5.02 Å². The van der Waals surface area contributed by atoms with Crippen molar-refractivity contribution >= 4 is 33.3 Å². The third-order valence-corrected chi connectivity index (χ3v) is 3.41. The zero-order valence-corrected chi connectivity index (χ0v) is 12.7. The Labute approximate surface area is 125 Å². The summed E-state index contributed by atoms with van der Waals surface area (Å²) >= 11 is 9.49. The maximum absolute atomic E-state index is 11.2. The van der Waals surface area contributed by atoms with Crippen LogP contribution in [0.3, 0.4) is 0 Å². The molecular weight excluding hydrogens is 328 g/mol. The minimum atomic E-state index is -0.0135. The van der Waals surface area contributed by atoms with Gasteiger partial charge in [-0.25, -0.2) is 0 Å². The lowest BCUT2D eigenvalue weighted by Gasteiger charge is -2.09. The zero-order valence-electron chi connectivity index (χ0n) is 10.3. The number of carbonyl (C=O) groups excluding carboxylic acids is 1. The van der Waals surface area contributed by atoms with Gasteiger partial charge in [-0.2, -0.15) is 0 Å². The van der Waals surface area contributed by atoms with Gasteiger partial charge in [0.1, 0.15) is 12.4 Å². The fraction of sp³-hybridized carbons (Fsp3) is 0.133. The van der Waals surface area contributed by atoms with Crippen molar-refractivity contribution in [1.29, 1.82) is 0 Å². The van der Waals surface area contributed by atoms with Crippen molar-refractivity contribution in [3.8, 4) is 5.75 Å². The van der Waals surface area contributed by atoms with E-state index in [2.05, 4.69) is 15.9 Å². The topological polar surface area (TPSA) is 26.3 Å². The van der Waals surface area contributed by atoms with Crippen molar-refractivity contribution < 1.29 is 9.53 Å². The summed E-state index contributed by atoms with van der Waals surface area (Å²) in [5, 5.41) is 0.447. The van der Waals surface area contributed by atoms with E-state index in [1.165, 1.54) is 6.92 Å². The Bertz CT molecular complexity index is 611. The summed E-state index contributed by atoms with van der Waals surface area (Å²) in [6.07, 6.45) is 0. The molecule has 0 aromatic heterocycles. The maximum Gasteiger partial charge on any atom is 0.159 e. The minimum absolute atomic E-state index is 0.0135. The standard InChI is InChI=1S/C15H12BrClO2/c1-10(18)12-5-6-15(14(17)8-12)19-9-11-3-2-4-13(16)7-11/h2-8H,9H2,1H3. The fourth-order valence-corrected chi connectivity index (χ4v) is 2.31. The first-order valence-corrected chi connectivity index (χ1v) is 6.91. The van der Waals surface area contributed by atoms with E-state index in [1.807, 2.05) is 24.3 Å². The highest BCUT2D eigenvalue weighted by Crippen LogP contribution is 2.26. The molecule has 0 unspecified atom stereocenters. The number of rotatable bonds is 4. The molecule has 19 heavy (non-hydrogen) atoms. The molecule has 2 nitrogen and oxygen atoms in total. The van der Waals surface area contributed by atoms with Crippen LogP contribution in [0.25, 0.3) is 0 Å². The van der Waals surface area contributed by atoms with Gasteiger partial charge in [-0.05, 0) is 42.8 Å². The minimum Gasteiger partial charge on any atom is -0.487 e. The summed E-state index contributed by atoms with van der Waals surface area (Å²) in [6.45, 7) is 1.94. The Kier molecular flexibility index (Phi) is 4.61. The molecule has 4 heteroatoms. The zero-order chi connectivity index (χ0) is 13.8. The van der Waals surface area contributed by atoms with Gasteiger partial charge in [-0.15, -0.1) is 0 Å². The third-order valence-electron chi connectivity index (χ3n) is 2.62. The second-order valence-corrected chi connectivity index (χ2v) is 5.44. The predicted molar refractivity (Wildman–Crippen MR) is 79.9 cm³/mol. The molecule has 2 rings (SSSR count). The number of ketones is 1. The number of ether oxygens (including phenoxy) is 1. The van der Waals surface area contributed by atoms with Crippen molar-refractivity contribution in [2.45, 2.75) is 13.5 Å². The smallest absolute Gasteiger partial charge is 0.159 e. The maximum atomic E-state index is 11.2. The fourth-order valence-electron chi connectivity index (χ4n) is 1.62. The van der Waals surface area contributed by atoms with Crippen LogP contribution in [-0.2, 0) is 6.61 Å². The molecule has 0 aliphatic carbocycles. The van der Waals surface area contributed by atoms with Gasteiger partial charge in [-0.3, -0.25) is 4.79 Å². The average Bonchev–Trinajstić information content (AvgIpc) is 2.37. The summed E-state index contributed by atoms with van der Waals surface area (Å²) in [5.41, 5.74) is 1.63. The highest BCUT2D eigenvalue weighted by molar-refractivity contribution is 9.10. The third kappa shape index (κ3) is 3.82. The van der Waals surface area contributed by atoms with Crippen molar-refractivity contribution in [3.05, 3.63) is 63.1 Å². The van der Waals surface area contributed by atoms with Crippen molar-refractivity contribution in [2.24, 2.45) is 0 Å². The number of carbonyl (C=O) groups is 1. The van der Waals surface area contributed by atoms with Crippen LogP contribution in [0.4, 0.5) is 0 Å². The quantitative estimate of drug-likeness (QED) is 0.742.